The zero-order chi connectivity index (χ0) is 13.3. The van der Waals surface area contributed by atoms with E-state index in [-0.39, 0.29) is 11.6 Å². The van der Waals surface area contributed by atoms with E-state index >= 15 is 0 Å². The summed E-state index contributed by atoms with van der Waals surface area (Å²) in [5.74, 6) is -0.342. The largest absolute Gasteiger partial charge is 0.395 e. The number of anilines is 2. The van der Waals surface area contributed by atoms with E-state index in [4.69, 9.17) is 5.73 Å². The van der Waals surface area contributed by atoms with E-state index in [1.54, 1.807) is 6.92 Å². The first-order valence-corrected chi connectivity index (χ1v) is 5.55. The number of nitrogens with zero attached hydrogens (tertiary/aromatic N) is 2. The summed E-state index contributed by atoms with van der Waals surface area (Å²) in [6, 6.07) is 3.65. The Labute approximate surface area is 105 Å². The first-order chi connectivity index (χ1) is 8.49. The number of carbonyl (C=O) groups is 1. The number of nitrogens with one attached hydrogen (secondary N) is 2. The van der Waals surface area contributed by atoms with Crippen molar-refractivity contribution in [2.75, 3.05) is 11.1 Å². The van der Waals surface area contributed by atoms with Gasteiger partial charge in [-0.3, -0.25) is 14.9 Å². The van der Waals surface area contributed by atoms with Crippen LogP contribution in [0.5, 0.6) is 0 Å². The van der Waals surface area contributed by atoms with Gasteiger partial charge in [0, 0.05) is 5.69 Å². The Kier molecular flexibility index (Phi) is 3.01. The fraction of sp³-hybridized carbons (Fsp3) is 0.250. The number of nitrogens with two attached hydrogens (primary N) is 1. The van der Waals surface area contributed by atoms with Gasteiger partial charge >= 0.3 is 0 Å². The SMILES string of the molecule is Cc1ccc(NC(=O)c2n[nH]c(C)c2N)c(C)n1. The van der Waals surface area contributed by atoms with Gasteiger partial charge in [-0.2, -0.15) is 5.10 Å². The number of pyridine rings is 1. The molecule has 0 bridgehead atoms. The maximum Gasteiger partial charge on any atom is 0.278 e. The third kappa shape index (κ3) is 2.17. The third-order valence-electron chi connectivity index (χ3n) is 2.68. The van der Waals surface area contributed by atoms with Gasteiger partial charge in [-0.05, 0) is 32.9 Å². The van der Waals surface area contributed by atoms with Gasteiger partial charge in [-0.15, -0.1) is 0 Å². The van der Waals surface area contributed by atoms with E-state index in [1.165, 1.54) is 0 Å². The van der Waals surface area contributed by atoms with Crippen LogP contribution >= 0.6 is 0 Å². The predicted octanol–water partition coefficient (Wildman–Crippen LogP) is 1.56. The van der Waals surface area contributed by atoms with Crippen LogP contribution in [-0.2, 0) is 0 Å². The molecule has 2 rings (SSSR count). The second-order valence-electron chi connectivity index (χ2n) is 4.15. The van der Waals surface area contributed by atoms with E-state index in [0.29, 0.717) is 17.1 Å². The average Bonchev–Trinajstić information content (AvgIpc) is 2.64. The lowest BCUT2D eigenvalue weighted by atomic mass is 10.2. The highest BCUT2D eigenvalue weighted by atomic mass is 16.2. The molecule has 0 aliphatic rings. The maximum absolute atomic E-state index is 12.0. The van der Waals surface area contributed by atoms with Crippen molar-refractivity contribution in [3.05, 3.63) is 34.9 Å². The van der Waals surface area contributed by atoms with Gasteiger partial charge in [0.25, 0.3) is 5.91 Å². The molecule has 4 N–H and O–H groups in total. The molecule has 0 spiro atoms. The maximum atomic E-state index is 12.0. The predicted molar refractivity (Wildman–Crippen MR) is 69.4 cm³/mol. The highest BCUT2D eigenvalue weighted by molar-refractivity contribution is 6.06. The molecule has 0 aromatic carbocycles. The minimum Gasteiger partial charge on any atom is -0.395 e. The molecule has 2 heterocycles. The fourth-order valence-corrected chi connectivity index (χ4v) is 1.61. The number of amides is 1. The normalized spacial score (nSPS) is 10.4. The third-order valence-corrected chi connectivity index (χ3v) is 2.68. The first-order valence-electron chi connectivity index (χ1n) is 5.55. The van der Waals surface area contributed by atoms with E-state index in [0.717, 1.165) is 11.4 Å². The number of carbonyl (C=O) groups excluding carboxylic acids is 1. The van der Waals surface area contributed by atoms with Crippen LogP contribution in [0.25, 0.3) is 0 Å². The average molecular weight is 245 g/mol. The van der Waals surface area contributed by atoms with Crippen LogP contribution in [-0.4, -0.2) is 21.1 Å². The summed E-state index contributed by atoms with van der Waals surface area (Å²) in [4.78, 5) is 16.3. The van der Waals surface area contributed by atoms with Crippen molar-refractivity contribution in [1.82, 2.24) is 15.2 Å². The quantitative estimate of drug-likeness (QED) is 0.748. The Balaban J connectivity index is 2.24. The van der Waals surface area contributed by atoms with E-state index in [1.807, 2.05) is 26.0 Å². The molecule has 18 heavy (non-hydrogen) atoms. The number of rotatable bonds is 2. The topological polar surface area (TPSA) is 96.7 Å². The molecule has 0 saturated carbocycles. The Bertz CT molecular complexity index is 603. The molecule has 2 aromatic rings. The molecule has 94 valence electrons. The van der Waals surface area contributed by atoms with Crippen LogP contribution in [0.4, 0.5) is 11.4 Å². The van der Waals surface area contributed by atoms with E-state index < -0.39 is 0 Å². The molecule has 0 aliphatic heterocycles. The highest BCUT2D eigenvalue weighted by Crippen LogP contribution is 2.17. The molecule has 0 unspecified atom stereocenters. The lowest BCUT2D eigenvalue weighted by Crippen LogP contribution is -2.15. The number of aryl methyl sites for hydroxylation is 3. The minimum atomic E-state index is -0.342. The molecule has 6 heteroatoms. The number of H-pyrrole nitrogens is 1. The molecule has 2 aromatic heterocycles. The van der Waals surface area contributed by atoms with Gasteiger partial charge in [0.1, 0.15) is 0 Å². The molecule has 0 fully saturated rings. The molecular formula is C12H15N5O. The summed E-state index contributed by atoms with van der Waals surface area (Å²) in [6.45, 7) is 5.49. The summed E-state index contributed by atoms with van der Waals surface area (Å²) in [7, 11) is 0. The molecule has 1 amide bonds. The molecule has 0 aliphatic carbocycles. The number of hydrogen-bond acceptors (Lipinski definition) is 4. The smallest absolute Gasteiger partial charge is 0.278 e. The second-order valence-corrected chi connectivity index (χ2v) is 4.15. The Morgan fingerprint density at radius 2 is 2.06 bits per heavy atom. The molecule has 0 atom stereocenters. The molecule has 0 radical (unpaired) electrons. The Hall–Kier alpha value is -2.37. The van der Waals surface area contributed by atoms with Crippen LogP contribution in [0.2, 0.25) is 0 Å². The number of aromatic amines is 1. The van der Waals surface area contributed by atoms with Crippen LogP contribution in [0.15, 0.2) is 12.1 Å². The second kappa shape index (κ2) is 4.48. The van der Waals surface area contributed by atoms with Crippen molar-refractivity contribution >= 4 is 17.3 Å². The summed E-state index contributed by atoms with van der Waals surface area (Å²) >= 11 is 0. The van der Waals surface area contributed by atoms with Crippen molar-refractivity contribution in [3.63, 3.8) is 0 Å². The zero-order valence-corrected chi connectivity index (χ0v) is 10.5. The van der Waals surface area contributed by atoms with Gasteiger partial charge in [0.05, 0.1) is 22.8 Å². The van der Waals surface area contributed by atoms with Crippen LogP contribution in [0, 0.1) is 20.8 Å². The van der Waals surface area contributed by atoms with Crippen LogP contribution < -0.4 is 11.1 Å². The van der Waals surface area contributed by atoms with Gasteiger partial charge in [-0.25, -0.2) is 0 Å². The fourth-order valence-electron chi connectivity index (χ4n) is 1.61. The number of nitrogen functional groups attached to an aromatic ring is 1. The van der Waals surface area contributed by atoms with E-state index in [2.05, 4.69) is 20.5 Å². The summed E-state index contributed by atoms with van der Waals surface area (Å²) in [5, 5.41) is 9.30. The lowest BCUT2D eigenvalue weighted by Gasteiger charge is -2.07. The van der Waals surface area contributed by atoms with Crippen molar-refractivity contribution in [1.29, 1.82) is 0 Å². The van der Waals surface area contributed by atoms with Gasteiger partial charge in [0.15, 0.2) is 5.69 Å². The van der Waals surface area contributed by atoms with Crippen molar-refractivity contribution in [2.24, 2.45) is 0 Å². The van der Waals surface area contributed by atoms with Crippen LogP contribution in [0.1, 0.15) is 27.6 Å². The minimum absolute atomic E-state index is 0.201. The summed E-state index contributed by atoms with van der Waals surface area (Å²) in [5.41, 5.74) is 9.32. The highest BCUT2D eigenvalue weighted by Gasteiger charge is 2.16. The van der Waals surface area contributed by atoms with Gasteiger partial charge in [0.2, 0.25) is 0 Å². The molecule has 0 saturated heterocycles. The number of hydrogen-bond donors (Lipinski definition) is 3. The zero-order valence-electron chi connectivity index (χ0n) is 10.5. The molecular weight excluding hydrogens is 230 g/mol. The summed E-state index contributed by atoms with van der Waals surface area (Å²) < 4.78 is 0. The van der Waals surface area contributed by atoms with Gasteiger partial charge in [-0.1, -0.05) is 0 Å². The van der Waals surface area contributed by atoms with Gasteiger partial charge < -0.3 is 11.1 Å². The molecule has 6 nitrogen and oxygen atoms in total. The van der Waals surface area contributed by atoms with Crippen molar-refractivity contribution in [2.45, 2.75) is 20.8 Å². The summed E-state index contributed by atoms with van der Waals surface area (Å²) in [6.07, 6.45) is 0. The van der Waals surface area contributed by atoms with Crippen LogP contribution in [0.3, 0.4) is 0 Å². The Morgan fingerprint density at radius 1 is 1.33 bits per heavy atom. The lowest BCUT2D eigenvalue weighted by molar-refractivity contribution is 0.102. The Morgan fingerprint density at radius 3 is 2.61 bits per heavy atom. The standard InChI is InChI=1S/C12H15N5O/c1-6-4-5-9(7(2)14-6)15-12(18)11-10(13)8(3)16-17-11/h4-5H,13H2,1-3H3,(H,15,18)(H,16,17). The van der Waals surface area contributed by atoms with Crippen molar-refractivity contribution in [3.8, 4) is 0 Å². The number of aromatic nitrogens is 3. The van der Waals surface area contributed by atoms with E-state index in [9.17, 15) is 4.79 Å². The van der Waals surface area contributed by atoms with Crippen molar-refractivity contribution < 1.29 is 4.79 Å². The first kappa shape index (κ1) is 12.1. The monoisotopic (exact) mass is 245 g/mol.